The van der Waals surface area contributed by atoms with Crippen LogP contribution in [0.25, 0.3) is 0 Å². The minimum absolute atomic E-state index is 0.842. The van der Waals surface area contributed by atoms with Crippen molar-refractivity contribution in [2.45, 2.75) is 19.9 Å². The van der Waals surface area contributed by atoms with Crippen molar-refractivity contribution in [3.63, 3.8) is 0 Å². The van der Waals surface area contributed by atoms with E-state index in [0.717, 1.165) is 31.0 Å². The van der Waals surface area contributed by atoms with E-state index >= 15 is 0 Å². The van der Waals surface area contributed by atoms with Gasteiger partial charge in [-0.05, 0) is 25.0 Å². The largest absolute Gasteiger partial charge is 0.365 e. The Morgan fingerprint density at radius 3 is 3.06 bits per heavy atom. The van der Waals surface area contributed by atoms with E-state index in [-0.39, 0.29) is 0 Å². The fourth-order valence-electron chi connectivity index (χ4n) is 2.26. The number of anilines is 1. The molecule has 1 aliphatic rings. The molecular formula is C13H14N2O. The molecule has 3 heteroatoms. The summed E-state index contributed by atoms with van der Waals surface area (Å²) in [5.74, 6) is 0.877. The molecule has 16 heavy (non-hydrogen) atoms. The highest BCUT2D eigenvalue weighted by Crippen LogP contribution is 2.28. The van der Waals surface area contributed by atoms with Crippen molar-refractivity contribution in [3.8, 4) is 0 Å². The van der Waals surface area contributed by atoms with Gasteiger partial charge in [0, 0.05) is 18.3 Å². The first kappa shape index (κ1) is 9.46. The zero-order valence-corrected chi connectivity index (χ0v) is 9.31. The monoisotopic (exact) mass is 214 g/mol. The van der Waals surface area contributed by atoms with Crippen molar-refractivity contribution < 1.29 is 4.52 Å². The Morgan fingerprint density at radius 2 is 2.25 bits per heavy atom. The minimum atomic E-state index is 0.842. The van der Waals surface area contributed by atoms with Crippen LogP contribution in [0.2, 0.25) is 0 Å². The van der Waals surface area contributed by atoms with Crippen molar-refractivity contribution in [2.75, 3.05) is 11.4 Å². The van der Waals surface area contributed by atoms with Crippen molar-refractivity contribution >= 4 is 5.69 Å². The van der Waals surface area contributed by atoms with E-state index in [4.69, 9.17) is 4.52 Å². The SMILES string of the molecule is Cc1cc(CN2CCc3ccccc32)no1. The van der Waals surface area contributed by atoms with E-state index in [1.54, 1.807) is 0 Å². The van der Waals surface area contributed by atoms with Crippen LogP contribution in [-0.2, 0) is 13.0 Å². The molecule has 0 amide bonds. The van der Waals surface area contributed by atoms with Gasteiger partial charge in [-0.2, -0.15) is 0 Å². The highest BCUT2D eigenvalue weighted by molar-refractivity contribution is 5.57. The fraction of sp³-hybridized carbons (Fsp3) is 0.308. The van der Waals surface area contributed by atoms with Crippen molar-refractivity contribution in [2.24, 2.45) is 0 Å². The van der Waals surface area contributed by atoms with Crippen LogP contribution in [0.15, 0.2) is 34.9 Å². The van der Waals surface area contributed by atoms with Crippen molar-refractivity contribution in [1.82, 2.24) is 5.16 Å². The van der Waals surface area contributed by atoms with Crippen LogP contribution in [0.3, 0.4) is 0 Å². The zero-order valence-electron chi connectivity index (χ0n) is 9.31. The maximum atomic E-state index is 5.09. The van der Waals surface area contributed by atoms with Crippen LogP contribution in [0.5, 0.6) is 0 Å². The second kappa shape index (κ2) is 3.67. The number of hydrogen-bond acceptors (Lipinski definition) is 3. The molecule has 0 radical (unpaired) electrons. The summed E-state index contributed by atoms with van der Waals surface area (Å²) in [6.07, 6.45) is 1.13. The molecule has 2 heterocycles. The van der Waals surface area contributed by atoms with Crippen LogP contribution in [0.4, 0.5) is 5.69 Å². The van der Waals surface area contributed by atoms with E-state index in [1.165, 1.54) is 11.3 Å². The fourth-order valence-corrected chi connectivity index (χ4v) is 2.26. The van der Waals surface area contributed by atoms with E-state index in [1.807, 2.05) is 13.0 Å². The van der Waals surface area contributed by atoms with Gasteiger partial charge < -0.3 is 9.42 Å². The molecule has 0 saturated heterocycles. The number of rotatable bonds is 2. The predicted octanol–water partition coefficient (Wildman–Crippen LogP) is 2.55. The van der Waals surface area contributed by atoms with Gasteiger partial charge in [0.2, 0.25) is 0 Å². The Balaban J connectivity index is 1.83. The summed E-state index contributed by atoms with van der Waals surface area (Å²) in [5.41, 5.74) is 3.78. The summed E-state index contributed by atoms with van der Waals surface area (Å²) in [5, 5.41) is 4.04. The highest BCUT2D eigenvalue weighted by atomic mass is 16.5. The molecule has 3 nitrogen and oxygen atoms in total. The summed E-state index contributed by atoms with van der Waals surface area (Å²) in [6.45, 7) is 3.84. The number of aryl methyl sites for hydroxylation is 1. The average molecular weight is 214 g/mol. The number of fused-ring (bicyclic) bond motifs is 1. The third-order valence-electron chi connectivity index (χ3n) is 3.01. The van der Waals surface area contributed by atoms with E-state index in [0.29, 0.717) is 0 Å². The molecule has 0 spiro atoms. The Labute approximate surface area is 94.7 Å². The van der Waals surface area contributed by atoms with Gasteiger partial charge in [-0.3, -0.25) is 0 Å². The van der Waals surface area contributed by atoms with Crippen LogP contribution in [-0.4, -0.2) is 11.7 Å². The van der Waals surface area contributed by atoms with Gasteiger partial charge in [-0.15, -0.1) is 0 Å². The van der Waals surface area contributed by atoms with Crippen molar-refractivity contribution in [3.05, 3.63) is 47.3 Å². The molecule has 0 unspecified atom stereocenters. The van der Waals surface area contributed by atoms with Gasteiger partial charge >= 0.3 is 0 Å². The summed E-state index contributed by atoms with van der Waals surface area (Å²) in [6, 6.07) is 10.6. The Morgan fingerprint density at radius 1 is 1.38 bits per heavy atom. The molecule has 0 N–H and O–H groups in total. The number of aromatic nitrogens is 1. The second-order valence-electron chi connectivity index (χ2n) is 4.23. The maximum absolute atomic E-state index is 5.09. The zero-order chi connectivity index (χ0) is 11.0. The Kier molecular flexibility index (Phi) is 2.17. The normalized spacial score (nSPS) is 14.2. The van der Waals surface area contributed by atoms with Gasteiger partial charge in [0.25, 0.3) is 0 Å². The molecule has 3 rings (SSSR count). The summed E-state index contributed by atoms with van der Waals surface area (Å²) < 4.78 is 5.09. The number of hydrogen-bond donors (Lipinski definition) is 0. The van der Waals surface area contributed by atoms with Crippen molar-refractivity contribution in [1.29, 1.82) is 0 Å². The van der Waals surface area contributed by atoms with Crippen LogP contribution >= 0.6 is 0 Å². The van der Waals surface area contributed by atoms with Gasteiger partial charge in [0.05, 0.1) is 6.54 Å². The molecule has 2 aromatic rings. The molecule has 82 valence electrons. The smallest absolute Gasteiger partial charge is 0.133 e. The predicted molar refractivity (Wildman–Crippen MR) is 62.4 cm³/mol. The quantitative estimate of drug-likeness (QED) is 0.769. The average Bonchev–Trinajstić information content (AvgIpc) is 2.87. The van der Waals surface area contributed by atoms with Gasteiger partial charge in [0.1, 0.15) is 11.5 Å². The van der Waals surface area contributed by atoms with Gasteiger partial charge in [-0.1, -0.05) is 23.4 Å². The lowest BCUT2D eigenvalue weighted by atomic mass is 10.2. The molecule has 1 aliphatic heterocycles. The molecule has 1 aromatic carbocycles. The van der Waals surface area contributed by atoms with Crippen LogP contribution in [0, 0.1) is 6.92 Å². The summed E-state index contributed by atoms with van der Waals surface area (Å²) in [7, 11) is 0. The summed E-state index contributed by atoms with van der Waals surface area (Å²) >= 11 is 0. The number of nitrogens with zero attached hydrogens (tertiary/aromatic N) is 2. The molecule has 0 aliphatic carbocycles. The molecule has 1 aromatic heterocycles. The lowest BCUT2D eigenvalue weighted by Gasteiger charge is -2.17. The van der Waals surface area contributed by atoms with E-state index in [9.17, 15) is 0 Å². The molecular weight excluding hydrogens is 200 g/mol. The van der Waals surface area contributed by atoms with E-state index < -0.39 is 0 Å². The van der Waals surface area contributed by atoms with Gasteiger partial charge in [0.15, 0.2) is 0 Å². The Hall–Kier alpha value is -1.77. The topological polar surface area (TPSA) is 29.3 Å². The molecule has 0 saturated carbocycles. The van der Waals surface area contributed by atoms with Gasteiger partial charge in [-0.25, -0.2) is 0 Å². The highest BCUT2D eigenvalue weighted by Gasteiger charge is 2.19. The molecule has 0 bridgehead atoms. The Bertz CT molecular complexity index is 504. The van der Waals surface area contributed by atoms with Crippen LogP contribution in [0.1, 0.15) is 17.0 Å². The molecule has 0 fully saturated rings. The standard InChI is InChI=1S/C13H14N2O/c1-10-8-12(14-16-10)9-15-7-6-11-4-2-3-5-13(11)15/h2-5,8H,6-7,9H2,1H3. The number of benzene rings is 1. The molecule has 0 atom stereocenters. The lowest BCUT2D eigenvalue weighted by Crippen LogP contribution is -2.19. The lowest BCUT2D eigenvalue weighted by molar-refractivity contribution is 0.390. The summed E-state index contributed by atoms with van der Waals surface area (Å²) in [4.78, 5) is 2.35. The third kappa shape index (κ3) is 1.58. The first-order valence-corrected chi connectivity index (χ1v) is 5.58. The van der Waals surface area contributed by atoms with Crippen LogP contribution < -0.4 is 4.90 Å². The first-order chi connectivity index (χ1) is 7.83. The third-order valence-corrected chi connectivity index (χ3v) is 3.01. The first-order valence-electron chi connectivity index (χ1n) is 5.58. The maximum Gasteiger partial charge on any atom is 0.133 e. The van der Waals surface area contributed by atoms with E-state index in [2.05, 4.69) is 34.3 Å². The minimum Gasteiger partial charge on any atom is -0.365 e. The number of para-hydroxylation sites is 1. The second-order valence-corrected chi connectivity index (χ2v) is 4.23.